The minimum atomic E-state index is -3.38. The zero-order chi connectivity index (χ0) is 21.8. The molecule has 0 fully saturated rings. The minimum absolute atomic E-state index is 0.170. The van der Waals surface area contributed by atoms with Gasteiger partial charge in [0.05, 0.1) is 10.1 Å². The third-order valence-electron chi connectivity index (χ3n) is 4.81. The van der Waals surface area contributed by atoms with E-state index in [9.17, 15) is 18.0 Å². The van der Waals surface area contributed by atoms with Crippen molar-refractivity contribution in [1.82, 2.24) is 5.32 Å². The molecule has 0 radical (unpaired) electrons. The number of nitrogens with one attached hydrogen (secondary N) is 2. The van der Waals surface area contributed by atoms with Crippen LogP contribution in [0.15, 0.2) is 53.4 Å². The summed E-state index contributed by atoms with van der Waals surface area (Å²) in [7, 11) is -3.38. The molecular weight excluding hydrogens is 388 g/mol. The summed E-state index contributed by atoms with van der Waals surface area (Å²) < 4.78 is 24.3. The van der Waals surface area contributed by atoms with E-state index in [0.29, 0.717) is 16.8 Å². The van der Waals surface area contributed by atoms with Crippen LogP contribution >= 0.6 is 0 Å². The molecule has 29 heavy (non-hydrogen) atoms. The zero-order valence-electron chi connectivity index (χ0n) is 17.4. The molecule has 156 valence electrons. The first-order chi connectivity index (χ1) is 13.5. The van der Waals surface area contributed by atoms with Gasteiger partial charge in [0, 0.05) is 22.4 Å². The molecule has 0 bridgehead atoms. The van der Waals surface area contributed by atoms with Crippen molar-refractivity contribution in [3.63, 3.8) is 0 Å². The third kappa shape index (κ3) is 5.67. The first-order valence-electron chi connectivity index (χ1n) is 9.54. The number of anilines is 1. The predicted octanol–water partition coefficient (Wildman–Crippen LogP) is 4.04. The lowest BCUT2D eigenvalue weighted by molar-refractivity contribution is 0.0911. The highest BCUT2D eigenvalue weighted by molar-refractivity contribution is 7.92. The molecule has 2 N–H and O–H groups in total. The Kier molecular flexibility index (Phi) is 6.85. The lowest BCUT2D eigenvalue weighted by Gasteiger charge is -2.24. The summed E-state index contributed by atoms with van der Waals surface area (Å²) in [6, 6.07) is 12.5. The van der Waals surface area contributed by atoms with Crippen LogP contribution in [0.1, 0.15) is 61.8 Å². The van der Waals surface area contributed by atoms with Crippen molar-refractivity contribution in [2.75, 3.05) is 5.32 Å². The van der Waals surface area contributed by atoms with E-state index in [1.807, 2.05) is 20.8 Å². The Morgan fingerprint density at radius 3 is 1.86 bits per heavy atom. The number of hydrogen-bond acceptors (Lipinski definition) is 4. The average Bonchev–Trinajstić information content (AvgIpc) is 2.68. The zero-order valence-corrected chi connectivity index (χ0v) is 18.3. The highest BCUT2D eigenvalue weighted by Crippen LogP contribution is 2.18. The number of amides is 2. The normalized spacial score (nSPS) is 11.9. The molecule has 7 heteroatoms. The summed E-state index contributed by atoms with van der Waals surface area (Å²) in [5.41, 5.74) is 1.10. The maximum atomic E-state index is 12.4. The Labute approximate surface area is 172 Å². The summed E-state index contributed by atoms with van der Waals surface area (Å²) in [6.07, 6.45) is 0.810. The van der Waals surface area contributed by atoms with E-state index in [1.165, 1.54) is 24.3 Å². The molecule has 0 saturated carbocycles. The molecule has 0 atom stereocenters. The molecule has 0 aliphatic rings. The van der Waals surface area contributed by atoms with Gasteiger partial charge in [0.15, 0.2) is 9.84 Å². The smallest absolute Gasteiger partial charge is 0.255 e. The van der Waals surface area contributed by atoms with Gasteiger partial charge in [-0.15, -0.1) is 0 Å². The summed E-state index contributed by atoms with van der Waals surface area (Å²) in [6.45, 7) is 9.14. The molecule has 6 nitrogen and oxygen atoms in total. The molecule has 0 spiro atoms. The van der Waals surface area contributed by atoms with Crippen molar-refractivity contribution in [2.45, 2.75) is 56.7 Å². The van der Waals surface area contributed by atoms with Gasteiger partial charge in [-0.2, -0.15) is 0 Å². The Bertz CT molecular complexity index is 976. The quantitative estimate of drug-likeness (QED) is 0.712. The molecule has 0 saturated heterocycles. The topological polar surface area (TPSA) is 92.3 Å². The summed E-state index contributed by atoms with van der Waals surface area (Å²) >= 11 is 0. The number of carbonyl (C=O) groups excluding carboxylic acids is 2. The highest BCUT2D eigenvalue weighted by atomic mass is 32.2. The number of hydrogen-bond donors (Lipinski definition) is 2. The van der Waals surface area contributed by atoms with Crippen LogP contribution in [0.25, 0.3) is 0 Å². The van der Waals surface area contributed by atoms with Crippen molar-refractivity contribution in [1.29, 1.82) is 0 Å². The van der Waals surface area contributed by atoms with E-state index in [2.05, 4.69) is 10.6 Å². The van der Waals surface area contributed by atoms with Gasteiger partial charge in [-0.05, 0) is 82.6 Å². The van der Waals surface area contributed by atoms with E-state index in [0.717, 1.165) is 6.42 Å². The van der Waals surface area contributed by atoms with Crippen LogP contribution in [-0.4, -0.2) is 31.0 Å². The van der Waals surface area contributed by atoms with Crippen molar-refractivity contribution < 1.29 is 18.0 Å². The number of carbonyl (C=O) groups is 2. The Morgan fingerprint density at radius 2 is 1.38 bits per heavy atom. The first kappa shape index (κ1) is 22.6. The van der Waals surface area contributed by atoms with Gasteiger partial charge in [0.1, 0.15) is 0 Å². The number of rotatable bonds is 7. The SMILES string of the molecule is CCC(C)(C)NC(=O)c1ccc(NC(=O)c2ccc(S(=O)(=O)C(C)C)cc2)cc1. The second-order valence-electron chi connectivity index (χ2n) is 7.84. The van der Waals surface area contributed by atoms with Gasteiger partial charge in [-0.1, -0.05) is 6.92 Å². The van der Waals surface area contributed by atoms with Crippen molar-refractivity contribution >= 4 is 27.3 Å². The maximum Gasteiger partial charge on any atom is 0.255 e. The van der Waals surface area contributed by atoms with Gasteiger partial charge in [-0.25, -0.2) is 8.42 Å². The molecule has 2 aromatic carbocycles. The van der Waals surface area contributed by atoms with Crippen LogP contribution in [0.2, 0.25) is 0 Å². The van der Waals surface area contributed by atoms with Crippen LogP contribution in [0.5, 0.6) is 0 Å². The van der Waals surface area contributed by atoms with Crippen LogP contribution in [-0.2, 0) is 9.84 Å². The Hall–Kier alpha value is -2.67. The van der Waals surface area contributed by atoms with Crippen molar-refractivity contribution in [3.05, 3.63) is 59.7 Å². The van der Waals surface area contributed by atoms with Crippen molar-refractivity contribution in [2.24, 2.45) is 0 Å². The largest absolute Gasteiger partial charge is 0.347 e. The predicted molar refractivity (Wildman–Crippen MR) is 115 cm³/mol. The summed E-state index contributed by atoms with van der Waals surface area (Å²) in [4.78, 5) is 24.9. The fourth-order valence-corrected chi connectivity index (χ4v) is 3.50. The van der Waals surface area contributed by atoms with E-state index in [-0.39, 0.29) is 22.2 Å². The van der Waals surface area contributed by atoms with Gasteiger partial charge in [0.25, 0.3) is 11.8 Å². The molecular formula is C22H28N2O4S. The van der Waals surface area contributed by atoms with E-state index in [1.54, 1.807) is 38.1 Å². The van der Waals surface area contributed by atoms with Crippen molar-refractivity contribution in [3.8, 4) is 0 Å². The van der Waals surface area contributed by atoms with E-state index >= 15 is 0 Å². The lowest BCUT2D eigenvalue weighted by atomic mass is 10.0. The fraction of sp³-hybridized carbons (Fsp3) is 0.364. The monoisotopic (exact) mass is 416 g/mol. The molecule has 0 aromatic heterocycles. The minimum Gasteiger partial charge on any atom is -0.347 e. The molecule has 0 aliphatic heterocycles. The maximum absolute atomic E-state index is 12.4. The van der Waals surface area contributed by atoms with Crippen LogP contribution in [0, 0.1) is 0 Å². The second kappa shape index (κ2) is 8.78. The lowest BCUT2D eigenvalue weighted by Crippen LogP contribution is -2.42. The second-order valence-corrected chi connectivity index (χ2v) is 10.3. The van der Waals surface area contributed by atoms with Crippen LogP contribution < -0.4 is 10.6 Å². The van der Waals surface area contributed by atoms with Gasteiger partial charge in [0.2, 0.25) is 0 Å². The molecule has 0 heterocycles. The first-order valence-corrected chi connectivity index (χ1v) is 11.1. The van der Waals surface area contributed by atoms with Gasteiger partial charge in [-0.3, -0.25) is 9.59 Å². The van der Waals surface area contributed by atoms with E-state index in [4.69, 9.17) is 0 Å². The molecule has 2 aromatic rings. The van der Waals surface area contributed by atoms with Gasteiger partial charge < -0.3 is 10.6 Å². The Balaban J connectivity index is 2.07. The molecule has 0 unspecified atom stereocenters. The third-order valence-corrected chi connectivity index (χ3v) is 6.98. The Morgan fingerprint density at radius 1 is 0.897 bits per heavy atom. The number of sulfone groups is 1. The fourth-order valence-electron chi connectivity index (χ4n) is 2.44. The average molecular weight is 417 g/mol. The van der Waals surface area contributed by atoms with E-state index < -0.39 is 15.1 Å². The summed E-state index contributed by atoms with van der Waals surface area (Å²) in [5, 5.41) is 5.18. The highest BCUT2D eigenvalue weighted by Gasteiger charge is 2.20. The molecule has 0 aliphatic carbocycles. The standard InChI is InChI=1S/C22H28N2O4S/c1-6-22(4,5)24-21(26)17-7-11-18(12-8-17)23-20(25)16-9-13-19(14-10-16)29(27,28)15(2)3/h7-15H,6H2,1-5H3,(H,23,25)(H,24,26). The molecule has 2 rings (SSSR count). The summed E-state index contributed by atoms with van der Waals surface area (Å²) in [5.74, 6) is -0.528. The van der Waals surface area contributed by atoms with Gasteiger partial charge >= 0.3 is 0 Å². The molecule has 2 amide bonds. The number of benzene rings is 2. The van der Waals surface area contributed by atoms with Crippen LogP contribution in [0.3, 0.4) is 0 Å². The van der Waals surface area contributed by atoms with Crippen LogP contribution in [0.4, 0.5) is 5.69 Å².